The molecule has 10 heteroatoms. The third-order valence-electron chi connectivity index (χ3n) is 5.74. The first kappa shape index (κ1) is 19.4. The predicted molar refractivity (Wildman–Crippen MR) is 90.8 cm³/mol. The van der Waals surface area contributed by atoms with Gasteiger partial charge in [0.25, 0.3) is 0 Å². The molecule has 30 heavy (non-hydrogen) atoms. The zero-order valence-corrected chi connectivity index (χ0v) is 15.1. The molecule has 2 saturated heterocycles. The van der Waals surface area contributed by atoms with Crippen molar-refractivity contribution in [3.05, 3.63) is 65.2 Å². The molecule has 0 saturated carbocycles. The van der Waals surface area contributed by atoms with Gasteiger partial charge in [0.05, 0.1) is 6.04 Å². The van der Waals surface area contributed by atoms with Crippen molar-refractivity contribution < 1.29 is 41.3 Å². The number of anilines is 1. The van der Waals surface area contributed by atoms with Gasteiger partial charge < -0.3 is 4.74 Å². The summed E-state index contributed by atoms with van der Waals surface area (Å²) in [6, 6.07) is 7.09. The van der Waals surface area contributed by atoms with Gasteiger partial charge in [0.2, 0.25) is 6.29 Å². The zero-order valence-electron chi connectivity index (χ0n) is 15.1. The Labute approximate surface area is 166 Å². The minimum Gasteiger partial charge on any atom is -0.317 e. The van der Waals surface area contributed by atoms with Crippen LogP contribution in [0.3, 0.4) is 0 Å². The van der Waals surface area contributed by atoms with E-state index in [2.05, 4.69) is 0 Å². The molecule has 2 fully saturated rings. The highest BCUT2D eigenvalue weighted by Gasteiger charge is 2.58. The highest BCUT2D eigenvalue weighted by atomic mass is 19.4. The first-order valence-corrected chi connectivity index (χ1v) is 9.17. The van der Waals surface area contributed by atoms with Crippen molar-refractivity contribution in [2.75, 3.05) is 4.90 Å². The van der Waals surface area contributed by atoms with Crippen LogP contribution >= 0.6 is 0 Å². The number of nitrogens with zero attached hydrogens (tertiary/aromatic N) is 1. The van der Waals surface area contributed by atoms with Gasteiger partial charge in [0.15, 0.2) is 6.29 Å². The molecule has 2 aromatic rings. The van der Waals surface area contributed by atoms with Gasteiger partial charge in [-0.3, -0.25) is 9.69 Å². The van der Waals surface area contributed by atoms with Crippen LogP contribution in [0.1, 0.15) is 29.5 Å². The minimum atomic E-state index is -5.22. The second kappa shape index (κ2) is 6.73. The van der Waals surface area contributed by atoms with Gasteiger partial charge in [-0.25, -0.2) is 18.6 Å². The lowest BCUT2D eigenvalue weighted by Crippen LogP contribution is -2.53. The molecular weight excluding hydrogens is 413 g/mol. The first-order valence-electron chi connectivity index (χ1n) is 9.17. The smallest absolute Gasteiger partial charge is 0.317 e. The summed E-state index contributed by atoms with van der Waals surface area (Å²) in [5.74, 6) is -5.16. The van der Waals surface area contributed by atoms with Crippen LogP contribution in [0.2, 0.25) is 0 Å². The fraction of sp³-hybridized carbons (Fsp3) is 0.350. The molecule has 5 rings (SSSR count). The van der Waals surface area contributed by atoms with Crippen LogP contribution < -0.4 is 4.90 Å². The highest BCUT2D eigenvalue weighted by Crippen LogP contribution is 2.57. The molecule has 0 N–H and O–H groups in total. The van der Waals surface area contributed by atoms with Crippen molar-refractivity contribution >= 4 is 11.6 Å². The van der Waals surface area contributed by atoms with Crippen molar-refractivity contribution in [2.45, 2.75) is 37.1 Å². The second-order valence-corrected chi connectivity index (χ2v) is 7.39. The third-order valence-corrected chi connectivity index (χ3v) is 5.74. The molecule has 0 spiro atoms. The molecule has 3 aliphatic heterocycles. The molecule has 0 unspecified atom stereocenters. The van der Waals surface area contributed by atoms with Crippen molar-refractivity contribution in [2.24, 2.45) is 5.92 Å². The zero-order chi connectivity index (χ0) is 21.2. The Hall–Kier alpha value is -2.56. The van der Waals surface area contributed by atoms with Crippen LogP contribution in [-0.4, -0.2) is 24.7 Å². The number of alkyl halides is 3. The monoisotopic (exact) mass is 427 g/mol. The van der Waals surface area contributed by atoms with Crippen LogP contribution in [0.4, 0.5) is 27.6 Å². The fourth-order valence-corrected chi connectivity index (χ4v) is 4.63. The number of fused-ring (bicyclic) bond motifs is 6. The summed E-state index contributed by atoms with van der Waals surface area (Å²) in [6.07, 6.45) is -7.10. The summed E-state index contributed by atoms with van der Waals surface area (Å²) in [6.45, 7) is 0. The van der Waals surface area contributed by atoms with E-state index in [9.17, 15) is 26.7 Å². The quantitative estimate of drug-likeness (QED) is 0.502. The van der Waals surface area contributed by atoms with Gasteiger partial charge in [0.1, 0.15) is 11.6 Å². The molecule has 1 amide bonds. The average Bonchev–Trinajstić information content (AvgIpc) is 3.07. The molecule has 5 atom stereocenters. The standard InChI is InChI=1S/C20H14F5NO4/c21-9-5-6-14-11(7-9)16-12(8-15-28-18(16)30-29-15)17(10-3-1-2-4-13(10)22)26(14)19(27)20(23,24)25/h1-7,12,15-18H,8H2/t12-,15+,16-,17-,18-/m1/s1. The summed E-state index contributed by atoms with van der Waals surface area (Å²) in [7, 11) is 0. The van der Waals surface area contributed by atoms with E-state index in [4.69, 9.17) is 14.5 Å². The second-order valence-electron chi connectivity index (χ2n) is 7.39. The number of rotatable bonds is 1. The summed E-state index contributed by atoms with van der Waals surface area (Å²) < 4.78 is 75.0. The predicted octanol–water partition coefficient (Wildman–Crippen LogP) is 4.35. The lowest BCUT2D eigenvalue weighted by molar-refractivity contribution is -0.292. The van der Waals surface area contributed by atoms with E-state index in [1.165, 1.54) is 18.2 Å². The van der Waals surface area contributed by atoms with Crippen LogP contribution in [-0.2, 0) is 19.3 Å². The van der Waals surface area contributed by atoms with Crippen LogP contribution in [0.25, 0.3) is 0 Å². The third kappa shape index (κ3) is 2.90. The fourth-order valence-electron chi connectivity index (χ4n) is 4.63. The SMILES string of the molecule is O=C(N1c2ccc(F)cc2[C@H]2[C@H]3OO[C@@H](C[C@H]2[C@H]1c1ccccc1F)O3)C(F)(F)F. The molecule has 0 radical (unpaired) electrons. The van der Waals surface area contributed by atoms with Gasteiger partial charge in [0, 0.05) is 29.5 Å². The lowest BCUT2D eigenvalue weighted by atomic mass is 9.70. The van der Waals surface area contributed by atoms with E-state index in [1.807, 2.05) is 0 Å². The summed E-state index contributed by atoms with van der Waals surface area (Å²) >= 11 is 0. The Morgan fingerprint density at radius 2 is 1.80 bits per heavy atom. The Morgan fingerprint density at radius 1 is 1.03 bits per heavy atom. The minimum absolute atomic E-state index is 0.0256. The van der Waals surface area contributed by atoms with Crippen LogP contribution in [0.5, 0.6) is 0 Å². The molecule has 0 aromatic heterocycles. The average molecular weight is 427 g/mol. The number of carbonyl (C=O) groups is 1. The number of ether oxygens (including phenoxy) is 1. The topological polar surface area (TPSA) is 48.0 Å². The normalized spacial score (nSPS) is 30.0. The molecular formula is C20H14F5NO4. The van der Waals surface area contributed by atoms with Crippen molar-refractivity contribution in [1.29, 1.82) is 0 Å². The Morgan fingerprint density at radius 3 is 2.53 bits per heavy atom. The molecule has 0 aliphatic carbocycles. The van der Waals surface area contributed by atoms with E-state index < -0.39 is 54.2 Å². The van der Waals surface area contributed by atoms with E-state index >= 15 is 0 Å². The Kier molecular flexibility index (Phi) is 4.35. The molecule has 3 heterocycles. The largest absolute Gasteiger partial charge is 0.471 e. The molecule has 158 valence electrons. The van der Waals surface area contributed by atoms with Gasteiger partial charge in [-0.1, -0.05) is 18.2 Å². The summed E-state index contributed by atoms with van der Waals surface area (Å²) in [5, 5.41) is 0. The number of amides is 1. The van der Waals surface area contributed by atoms with Gasteiger partial charge in [-0.15, -0.1) is 0 Å². The molecule has 2 aromatic carbocycles. The van der Waals surface area contributed by atoms with Crippen molar-refractivity contribution in [1.82, 2.24) is 0 Å². The van der Waals surface area contributed by atoms with E-state index in [0.29, 0.717) is 4.90 Å². The Balaban J connectivity index is 1.77. The molecule has 5 nitrogen and oxygen atoms in total. The first-order chi connectivity index (χ1) is 14.3. The van der Waals surface area contributed by atoms with E-state index in [-0.39, 0.29) is 23.2 Å². The van der Waals surface area contributed by atoms with E-state index in [1.54, 1.807) is 0 Å². The highest BCUT2D eigenvalue weighted by molar-refractivity contribution is 5.99. The van der Waals surface area contributed by atoms with Gasteiger partial charge in [-0.2, -0.15) is 13.2 Å². The number of carbonyl (C=O) groups excluding carboxylic acids is 1. The van der Waals surface area contributed by atoms with Crippen LogP contribution in [0.15, 0.2) is 42.5 Å². The van der Waals surface area contributed by atoms with Crippen molar-refractivity contribution in [3.63, 3.8) is 0 Å². The summed E-state index contributed by atoms with van der Waals surface area (Å²) in [5.41, 5.74) is -0.147. The number of halogens is 5. The summed E-state index contributed by atoms with van der Waals surface area (Å²) in [4.78, 5) is 23.2. The number of hydrogen-bond acceptors (Lipinski definition) is 4. The maximum absolute atomic E-state index is 14.7. The maximum atomic E-state index is 14.7. The maximum Gasteiger partial charge on any atom is 0.471 e. The van der Waals surface area contributed by atoms with Gasteiger partial charge >= 0.3 is 12.1 Å². The number of benzene rings is 2. The lowest BCUT2D eigenvalue weighted by Gasteiger charge is -2.48. The number of hydrogen-bond donors (Lipinski definition) is 0. The van der Waals surface area contributed by atoms with E-state index in [0.717, 1.165) is 24.3 Å². The molecule has 2 bridgehead atoms. The molecule has 3 aliphatic rings. The van der Waals surface area contributed by atoms with Gasteiger partial charge in [-0.05, 0) is 29.8 Å². The Bertz CT molecular complexity index is 1010. The van der Waals surface area contributed by atoms with Crippen LogP contribution in [0, 0.1) is 17.6 Å². The van der Waals surface area contributed by atoms with Crippen molar-refractivity contribution in [3.8, 4) is 0 Å².